The van der Waals surface area contributed by atoms with Crippen LogP contribution in [0.15, 0.2) is 54.6 Å². The zero-order valence-electron chi connectivity index (χ0n) is 14.5. The van der Waals surface area contributed by atoms with Crippen LogP contribution in [0.4, 0.5) is 4.79 Å². The number of morpholine rings is 1. The highest BCUT2D eigenvalue weighted by Crippen LogP contribution is 2.28. The van der Waals surface area contributed by atoms with Crippen LogP contribution in [0.3, 0.4) is 0 Å². The van der Waals surface area contributed by atoms with Crippen molar-refractivity contribution >= 4 is 27.7 Å². The van der Waals surface area contributed by atoms with Crippen LogP contribution in [0.2, 0.25) is 0 Å². The van der Waals surface area contributed by atoms with E-state index in [-0.39, 0.29) is 0 Å². The highest BCUT2D eigenvalue weighted by molar-refractivity contribution is 6.07. The fourth-order valence-electron chi connectivity index (χ4n) is 3.25. The zero-order chi connectivity index (χ0) is 17.8. The molecule has 0 N–H and O–H groups in total. The summed E-state index contributed by atoms with van der Waals surface area (Å²) in [5.41, 5.74) is 0. The number of carbonyl (C=O) groups excluding carboxylic acids is 1. The molecule has 26 heavy (non-hydrogen) atoms. The molecule has 0 radical (unpaired) electrons. The molecule has 5 heteroatoms. The van der Waals surface area contributed by atoms with Gasteiger partial charge in [0.1, 0.15) is 12.4 Å². The monoisotopic (exact) mass is 351 g/mol. The first-order chi connectivity index (χ1) is 12.8. The Morgan fingerprint density at radius 3 is 2.54 bits per heavy atom. The van der Waals surface area contributed by atoms with Crippen LogP contribution in [0.1, 0.15) is 0 Å². The van der Waals surface area contributed by atoms with Crippen LogP contribution in [-0.2, 0) is 9.47 Å². The molecule has 0 bridgehead atoms. The summed E-state index contributed by atoms with van der Waals surface area (Å²) in [4.78, 5) is 14.2. The summed E-state index contributed by atoms with van der Waals surface area (Å²) in [7, 11) is 0. The van der Waals surface area contributed by atoms with Gasteiger partial charge in [0.05, 0.1) is 13.2 Å². The molecule has 0 unspecified atom stereocenters. The van der Waals surface area contributed by atoms with Crippen LogP contribution in [0.25, 0.3) is 21.5 Å². The van der Waals surface area contributed by atoms with Crippen molar-refractivity contribution in [2.45, 2.75) is 0 Å². The Morgan fingerprint density at radius 2 is 1.69 bits per heavy atom. The van der Waals surface area contributed by atoms with Crippen molar-refractivity contribution in [2.24, 2.45) is 0 Å². The minimum atomic E-state index is -0.669. The standard InChI is InChI=1S/C21H21NO4/c23-21(25-14-11-22-9-12-24-13-10-22)26-18-8-7-17-6-5-16-3-1-2-4-19(16)20(17)15-18/h1-8,15H,9-14H2. The third-order valence-corrected chi connectivity index (χ3v) is 4.65. The largest absolute Gasteiger partial charge is 0.513 e. The van der Waals surface area contributed by atoms with E-state index in [9.17, 15) is 4.79 Å². The van der Waals surface area contributed by atoms with Gasteiger partial charge in [-0.05, 0) is 33.7 Å². The summed E-state index contributed by atoms with van der Waals surface area (Å²) in [6, 6.07) is 18.0. The summed E-state index contributed by atoms with van der Waals surface area (Å²) < 4.78 is 15.9. The van der Waals surface area contributed by atoms with Gasteiger partial charge in [-0.25, -0.2) is 4.79 Å². The van der Waals surface area contributed by atoms with E-state index in [1.807, 2.05) is 24.3 Å². The molecular weight excluding hydrogens is 330 g/mol. The van der Waals surface area contributed by atoms with E-state index in [4.69, 9.17) is 14.2 Å². The minimum absolute atomic E-state index is 0.315. The lowest BCUT2D eigenvalue weighted by Gasteiger charge is -2.25. The number of fused-ring (bicyclic) bond motifs is 3. The Bertz CT molecular complexity index is 918. The first-order valence-corrected chi connectivity index (χ1v) is 8.86. The topological polar surface area (TPSA) is 48.0 Å². The number of hydrogen-bond acceptors (Lipinski definition) is 5. The predicted octanol–water partition coefficient (Wildman–Crippen LogP) is 3.84. The van der Waals surface area contributed by atoms with Gasteiger partial charge >= 0.3 is 6.16 Å². The first kappa shape index (κ1) is 16.8. The van der Waals surface area contributed by atoms with Crippen LogP contribution >= 0.6 is 0 Å². The Morgan fingerprint density at radius 1 is 0.962 bits per heavy atom. The summed E-state index contributed by atoms with van der Waals surface area (Å²) in [5.74, 6) is 0.491. The third-order valence-electron chi connectivity index (χ3n) is 4.65. The second kappa shape index (κ2) is 7.72. The van der Waals surface area contributed by atoms with E-state index in [0.717, 1.165) is 47.8 Å². The van der Waals surface area contributed by atoms with Crippen molar-refractivity contribution < 1.29 is 19.0 Å². The van der Waals surface area contributed by atoms with Crippen molar-refractivity contribution in [3.05, 3.63) is 54.6 Å². The lowest BCUT2D eigenvalue weighted by atomic mass is 10.0. The van der Waals surface area contributed by atoms with Gasteiger partial charge in [-0.1, -0.05) is 42.5 Å². The molecule has 0 amide bonds. The zero-order valence-corrected chi connectivity index (χ0v) is 14.5. The predicted molar refractivity (Wildman–Crippen MR) is 101 cm³/mol. The molecule has 1 fully saturated rings. The van der Waals surface area contributed by atoms with E-state index in [1.165, 1.54) is 0 Å². The smallest absolute Gasteiger partial charge is 0.433 e. The maximum absolute atomic E-state index is 12.0. The normalized spacial score (nSPS) is 15.2. The number of hydrogen-bond donors (Lipinski definition) is 0. The molecule has 1 saturated heterocycles. The van der Waals surface area contributed by atoms with E-state index >= 15 is 0 Å². The van der Waals surface area contributed by atoms with Gasteiger partial charge in [0.15, 0.2) is 0 Å². The molecule has 134 valence electrons. The molecule has 4 rings (SSSR count). The second-order valence-electron chi connectivity index (χ2n) is 6.32. The number of carbonyl (C=O) groups is 1. The molecule has 0 aromatic heterocycles. The quantitative estimate of drug-likeness (QED) is 0.406. The highest BCUT2D eigenvalue weighted by Gasteiger charge is 2.12. The number of rotatable bonds is 4. The van der Waals surface area contributed by atoms with Gasteiger partial charge in [0.2, 0.25) is 0 Å². The molecule has 3 aromatic carbocycles. The molecule has 0 saturated carbocycles. The van der Waals surface area contributed by atoms with Crippen molar-refractivity contribution in [3.63, 3.8) is 0 Å². The molecular formula is C21H21NO4. The fraction of sp³-hybridized carbons (Fsp3) is 0.286. The summed E-state index contributed by atoms with van der Waals surface area (Å²) in [6.45, 7) is 4.22. The summed E-state index contributed by atoms with van der Waals surface area (Å²) in [5, 5.41) is 4.46. The lowest BCUT2D eigenvalue weighted by molar-refractivity contribution is 0.0240. The second-order valence-corrected chi connectivity index (χ2v) is 6.32. The van der Waals surface area contributed by atoms with Crippen LogP contribution < -0.4 is 4.74 Å². The summed E-state index contributed by atoms with van der Waals surface area (Å²) >= 11 is 0. The highest BCUT2D eigenvalue weighted by atomic mass is 16.7. The van der Waals surface area contributed by atoms with Crippen molar-refractivity contribution in [3.8, 4) is 5.75 Å². The molecule has 0 aliphatic carbocycles. The van der Waals surface area contributed by atoms with Gasteiger partial charge < -0.3 is 14.2 Å². The van der Waals surface area contributed by atoms with Crippen molar-refractivity contribution in [1.82, 2.24) is 4.90 Å². The van der Waals surface area contributed by atoms with Crippen LogP contribution in [0, 0.1) is 0 Å². The lowest BCUT2D eigenvalue weighted by Crippen LogP contribution is -2.38. The number of ether oxygens (including phenoxy) is 3. The first-order valence-electron chi connectivity index (χ1n) is 8.86. The molecule has 1 aliphatic rings. The van der Waals surface area contributed by atoms with E-state index in [2.05, 4.69) is 29.2 Å². The Balaban J connectivity index is 1.41. The summed E-state index contributed by atoms with van der Waals surface area (Å²) in [6.07, 6.45) is -0.669. The van der Waals surface area contributed by atoms with Crippen molar-refractivity contribution in [2.75, 3.05) is 39.5 Å². The van der Waals surface area contributed by atoms with E-state index in [0.29, 0.717) is 18.9 Å². The maximum Gasteiger partial charge on any atom is 0.513 e. The molecule has 0 spiro atoms. The van der Waals surface area contributed by atoms with E-state index in [1.54, 1.807) is 6.07 Å². The van der Waals surface area contributed by atoms with Crippen LogP contribution in [-0.4, -0.2) is 50.5 Å². The number of benzene rings is 3. The number of nitrogens with zero attached hydrogens (tertiary/aromatic N) is 1. The van der Waals surface area contributed by atoms with E-state index < -0.39 is 6.16 Å². The third kappa shape index (κ3) is 3.79. The molecule has 3 aromatic rings. The molecule has 0 atom stereocenters. The molecule has 1 aliphatic heterocycles. The Kier molecular flexibility index (Phi) is 5.00. The van der Waals surface area contributed by atoms with Gasteiger partial charge in [-0.2, -0.15) is 0 Å². The van der Waals surface area contributed by atoms with Crippen molar-refractivity contribution in [1.29, 1.82) is 0 Å². The van der Waals surface area contributed by atoms with Crippen LogP contribution in [0.5, 0.6) is 5.75 Å². The van der Waals surface area contributed by atoms with Gasteiger partial charge in [-0.3, -0.25) is 4.90 Å². The van der Waals surface area contributed by atoms with Gasteiger partial charge in [-0.15, -0.1) is 0 Å². The SMILES string of the molecule is O=C(OCCN1CCOCC1)Oc1ccc2ccc3ccccc3c2c1. The Labute approximate surface area is 152 Å². The molecule has 5 nitrogen and oxygen atoms in total. The molecule has 1 heterocycles. The van der Waals surface area contributed by atoms with Gasteiger partial charge in [0.25, 0.3) is 0 Å². The Hall–Kier alpha value is -2.63. The average Bonchev–Trinajstić information content (AvgIpc) is 2.69. The minimum Gasteiger partial charge on any atom is -0.433 e. The maximum atomic E-state index is 12.0. The average molecular weight is 351 g/mol. The fourth-order valence-corrected chi connectivity index (χ4v) is 3.25. The van der Waals surface area contributed by atoms with Gasteiger partial charge in [0, 0.05) is 19.6 Å².